The highest BCUT2D eigenvalue weighted by Gasteiger charge is 2.42. The number of sulfonamides is 1. The third kappa shape index (κ3) is 12.7. The van der Waals surface area contributed by atoms with Crippen molar-refractivity contribution in [3.63, 3.8) is 0 Å². The highest BCUT2D eigenvalue weighted by atomic mass is 32.2. The molecular weight excluding hydrogens is 779 g/mol. The number of hydrogen-bond acceptors (Lipinski definition) is 8. The number of rotatable bonds is 26. The number of anilines is 1. The molecule has 1 aliphatic heterocycles. The van der Waals surface area contributed by atoms with Gasteiger partial charge < -0.3 is 19.9 Å². The number of carbonyl (C=O) groups is 2. The average molecular weight is 842 g/mol. The number of amides is 1. The molecule has 0 saturated carbocycles. The molecule has 0 radical (unpaired) electrons. The van der Waals surface area contributed by atoms with Crippen molar-refractivity contribution < 1.29 is 32.6 Å². The molecule has 0 aliphatic carbocycles. The van der Waals surface area contributed by atoms with E-state index >= 15 is 0 Å². The van der Waals surface area contributed by atoms with Gasteiger partial charge in [-0.05, 0) is 69.2 Å². The lowest BCUT2D eigenvalue weighted by Crippen LogP contribution is -2.48. The topological polar surface area (TPSA) is 152 Å². The summed E-state index contributed by atoms with van der Waals surface area (Å²) in [6.07, 6.45) is 17.8. The van der Waals surface area contributed by atoms with Gasteiger partial charge in [0.1, 0.15) is 16.4 Å². The molecule has 1 amide bonds. The number of para-hydroxylation sites is 3. The van der Waals surface area contributed by atoms with Crippen LogP contribution in [0.5, 0.6) is 11.5 Å². The summed E-state index contributed by atoms with van der Waals surface area (Å²) in [4.78, 5) is 31.5. The largest absolute Gasteiger partial charge is 0.493 e. The van der Waals surface area contributed by atoms with Crippen LogP contribution in [-0.4, -0.2) is 65.1 Å². The molecule has 4 aromatic rings. The number of benzene rings is 3. The van der Waals surface area contributed by atoms with E-state index in [2.05, 4.69) is 17.3 Å². The number of aliphatic imine (C=N–C) groups is 1. The lowest BCUT2D eigenvalue weighted by Gasteiger charge is -2.33. The Labute approximate surface area is 356 Å². The smallest absolute Gasteiger partial charge is 0.356 e. The summed E-state index contributed by atoms with van der Waals surface area (Å²) in [5.74, 6) is -0.928. The number of aromatic nitrogens is 2. The second kappa shape index (κ2) is 23.0. The molecule has 0 bridgehead atoms. The summed E-state index contributed by atoms with van der Waals surface area (Å²) < 4.78 is 43.3. The molecule has 1 unspecified atom stereocenters. The number of unbranched alkanes of at least 4 members (excludes halogenated alkanes) is 13. The van der Waals surface area contributed by atoms with Crippen LogP contribution in [0.3, 0.4) is 0 Å². The van der Waals surface area contributed by atoms with E-state index in [0.29, 0.717) is 29.5 Å². The second-order valence-corrected chi connectivity index (χ2v) is 17.6. The lowest BCUT2D eigenvalue weighted by atomic mass is 10.0. The van der Waals surface area contributed by atoms with E-state index in [1.165, 1.54) is 87.4 Å². The Morgan fingerprint density at radius 2 is 1.33 bits per heavy atom. The third-order valence-electron chi connectivity index (χ3n) is 10.8. The Bertz CT molecular complexity index is 2170. The SMILES string of the molecule is CCCCCCCCCCCCCCCCOc1ccccc1NC(=O)C(C1=Nc2ccccc2S(=O)(=O)N1CCCOc1ccc(C)cc1C)n1nc(C(=O)O)cc1C. The minimum atomic E-state index is -4.23. The molecule has 1 aliphatic rings. The first-order valence-electron chi connectivity index (χ1n) is 21.7. The number of carboxylic acid groups (broad SMARTS) is 1. The Morgan fingerprint density at radius 1 is 0.733 bits per heavy atom. The number of nitrogens with zero attached hydrogens (tertiary/aromatic N) is 4. The number of carbonyl (C=O) groups excluding carboxylic acids is 1. The van der Waals surface area contributed by atoms with E-state index in [4.69, 9.17) is 14.5 Å². The van der Waals surface area contributed by atoms with Gasteiger partial charge in [0, 0.05) is 18.7 Å². The third-order valence-corrected chi connectivity index (χ3v) is 12.6. The van der Waals surface area contributed by atoms with Gasteiger partial charge in [-0.15, -0.1) is 0 Å². The second-order valence-electron chi connectivity index (χ2n) is 15.7. The first-order chi connectivity index (χ1) is 29.0. The Hall–Kier alpha value is -5.17. The molecule has 2 heterocycles. The van der Waals surface area contributed by atoms with E-state index in [0.717, 1.165) is 34.7 Å². The highest BCUT2D eigenvalue weighted by molar-refractivity contribution is 7.90. The van der Waals surface area contributed by atoms with Crippen molar-refractivity contribution in [2.75, 3.05) is 25.1 Å². The number of nitrogens with one attached hydrogen (secondary N) is 1. The van der Waals surface area contributed by atoms with Crippen molar-refractivity contribution in [3.8, 4) is 11.5 Å². The van der Waals surface area contributed by atoms with E-state index < -0.39 is 27.9 Å². The van der Waals surface area contributed by atoms with Gasteiger partial charge in [-0.3, -0.25) is 9.10 Å². The standard InChI is InChI=1S/C47H63N5O7S/c1-5-6-7-8-9-10-11-12-13-14-15-16-17-22-31-59-42-26-20-18-24-38(42)49-46(53)44(52-37(4)34-40(50-52)47(54)55)45-48-39-25-19-21-27-43(39)60(56,57)51(45)30-23-32-58-41-29-28-35(2)33-36(41)3/h18-21,24-29,33-34,44H,5-17,22-23,30-32H2,1-4H3,(H,49,53)(H,54,55). The molecule has 0 fully saturated rings. The maximum absolute atomic E-state index is 14.7. The lowest BCUT2D eigenvalue weighted by molar-refractivity contribution is -0.117. The summed E-state index contributed by atoms with van der Waals surface area (Å²) in [6, 6.07) is 19.1. The van der Waals surface area contributed by atoms with Crippen LogP contribution < -0.4 is 14.8 Å². The van der Waals surface area contributed by atoms with Crippen LogP contribution in [0.4, 0.5) is 11.4 Å². The molecule has 1 aromatic heterocycles. The summed E-state index contributed by atoms with van der Waals surface area (Å²) in [5, 5.41) is 17.1. The number of ether oxygens (including phenoxy) is 2. The van der Waals surface area contributed by atoms with Crippen molar-refractivity contribution in [1.29, 1.82) is 0 Å². The van der Waals surface area contributed by atoms with Crippen LogP contribution >= 0.6 is 0 Å². The van der Waals surface area contributed by atoms with Gasteiger partial charge in [-0.1, -0.05) is 132 Å². The Balaban J connectivity index is 1.28. The molecule has 60 heavy (non-hydrogen) atoms. The van der Waals surface area contributed by atoms with Gasteiger partial charge in [0.15, 0.2) is 17.6 Å². The number of aromatic carboxylic acids is 1. The number of aryl methyl sites for hydroxylation is 3. The Kier molecular flexibility index (Phi) is 17.6. The first kappa shape index (κ1) is 45.9. The van der Waals surface area contributed by atoms with E-state index in [-0.39, 0.29) is 41.7 Å². The molecule has 13 heteroatoms. The van der Waals surface area contributed by atoms with Crippen LogP contribution in [0.15, 0.2) is 82.7 Å². The molecule has 12 nitrogen and oxygen atoms in total. The van der Waals surface area contributed by atoms with Crippen LogP contribution in [-0.2, 0) is 14.8 Å². The van der Waals surface area contributed by atoms with Gasteiger partial charge in [-0.25, -0.2) is 22.9 Å². The predicted octanol–water partition coefficient (Wildman–Crippen LogP) is 10.8. The molecule has 0 saturated heterocycles. The predicted molar refractivity (Wildman–Crippen MR) is 237 cm³/mol. The summed E-state index contributed by atoms with van der Waals surface area (Å²) in [5.41, 5.74) is 2.63. The highest BCUT2D eigenvalue weighted by Crippen LogP contribution is 2.36. The van der Waals surface area contributed by atoms with E-state index in [9.17, 15) is 23.1 Å². The van der Waals surface area contributed by atoms with E-state index in [1.807, 2.05) is 38.1 Å². The van der Waals surface area contributed by atoms with Crippen LogP contribution in [0.25, 0.3) is 0 Å². The number of fused-ring (bicyclic) bond motifs is 1. The van der Waals surface area contributed by atoms with Gasteiger partial charge in [0.2, 0.25) is 0 Å². The molecule has 5 rings (SSSR count). The zero-order valence-corrected chi connectivity index (χ0v) is 36.6. The number of carboxylic acids is 1. The molecule has 1 atom stereocenters. The van der Waals surface area contributed by atoms with Crippen molar-refractivity contribution in [2.24, 2.45) is 4.99 Å². The van der Waals surface area contributed by atoms with Gasteiger partial charge >= 0.3 is 5.97 Å². The zero-order chi connectivity index (χ0) is 42.9. The van der Waals surface area contributed by atoms with Gasteiger partial charge in [0.05, 0.1) is 24.6 Å². The number of amidine groups is 1. The van der Waals surface area contributed by atoms with Gasteiger partial charge in [-0.2, -0.15) is 5.10 Å². The summed E-state index contributed by atoms with van der Waals surface area (Å²) in [6.45, 7) is 8.40. The first-order valence-corrected chi connectivity index (χ1v) is 23.2. The van der Waals surface area contributed by atoms with Crippen LogP contribution in [0.1, 0.15) is 137 Å². The minimum absolute atomic E-state index is 0.00568. The van der Waals surface area contributed by atoms with Crippen molar-refractivity contribution >= 4 is 39.1 Å². The van der Waals surface area contributed by atoms with Gasteiger partial charge in [0.25, 0.3) is 15.9 Å². The molecule has 0 spiro atoms. The molecule has 3 aromatic carbocycles. The van der Waals surface area contributed by atoms with Crippen molar-refractivity contribution in [3.05, 3.63) is 95.3 Å². The maximum atomic E-state index is 14.7. The Morgan fingerprint density at radius 3 is 1.98 bits per heavy atom. The average Bonchev–Trinajstić information content (AvgIpc) is 3.61. The fourth-order valence-corrected chi connectivity index (χ4v) is 9.16. The summed E-state index contributed by atoms with van der Waals surface area (Å²) in [7, 11) is -4.23. The zero-order valence-electron chi connectivity index (χ0n) is 35.8. The van der Waals surface area contributed by atoms with Crippen molar-refractivity contribution in [1.82, 2.24) is 14.1 Å². The number of hydrogen-bond donors (Lipinski definition) is 2. The quantitative estimate of drug-likeness (QED) is 0.0593. The van der Waals surface area contributed by atoms with E-state index in [1.54, 1.807) is 43.3 Å². The fourth-order valence-electron chi connectivity index (χ4n) is 7.54. The maximum Gasteiger partial charge on any atom is 0.356 e. The molecular formula is C47H63N5O7S. The van der Waals surface area contributed by atoms with Crippen molar-refractivity contribution in [2.45, 2.75) is 135 Å². The molecule has 2 N–H and O–H groups in total. The summed E-state index contributed by atoms with van der Waals surface area (Å²) >= 11 is 0. The van der Waals surface area contributed by atoms with Crippen LogP contribution in [0.2, 0.25) is 0 Å². The minimum Gasteiger partial charge on any atom is -0.493 e. The fraction of sp³-hybridized carbons (Fsp3) is 0.489. The van der Waals surface area contributed by atoms with Crippen LogP contribution in [0, 0.1) is 20.8 Å². The normalized spacial score (nSPS) is 13.7. The molecule has 324 valence electrons. The monoisotopic (exact) mass is 841 g/mol.